The number of ether oxygens (including phenoxy) is 1. The monoisotopic (exact) mass is 194 g/mol. The summed E-state index contributed by atoms with van der Waals surface area (Å²) in [6.07, 6.45) is 1.67. The molecule has 0 unspecified atom stereocenters. The first-order chi connectivity index (χ1) is 6.60. The van der Waals surface area contributed by atoms with E-state index in [-0.39, 0.29) is 5.97 Å². The molecule has 1 aliphatic rings. The molecular weight excluding hydrogens is 180 g/mol. The Kier molecular flexibility index (Phi) is 1.87. The van der Waals surface area contributed by atoms with Crippen LogP contribution in [-0.4, -0.2) is 22.9 Å². The molecule has 1 aromatic heterocycles. The predicted octanol–water partition coefficient (Wildman–Crippen LogP) is 1.16. The number of aromatic nitrogens is 2. The van der Waals surface area contributed by atoms with Gasteiger partial charge in [0.1, 0.15) is 0 Å². The molecular formula is C10H14N2O2. The van der Waals surface area contributed by atoms with Gasteiger partial charge in [0, 0.05) is 5.69 Å². The Bertz CT molecular complexity index is 377. The molecule has 1 saturated carbocycles. The summed E-state index contributed by atoms with van der Waals surface area (Å²) in [5.74, 6) is -0.177. The van der Waals surface area contributed by atoms with E-state index in [1.165, 1.54) is 7.11 Å². The molecule has 76 valence electrons. The largest absolute Gasteiger partial charge is 0.467 e. The maximum atomic E-state index is 11.6. The highest BCUT2D eigenvalue weighted by atomic mass is 16.5. The molecule has 0 aliphatic heterocycles. The van der Waals surface area contributed by atoms with E-state index in [0.29, 0.717) is 0 Å². The van der Waals surface area contributed by atoms with Crippen LogP contribution in [0.5, 0.6) is 0 Å². The van der Waals surface area contributed by atoms with E-state index in [9.17, 15) is 4.79 Å². The maximum Gasteiger partial charge on any atom is 0.333 e. The number of hydrogen-bond acceptors (Lipinski definition) is 3. The summed E-state index contributed by atoms with van der Waals surface area (Å²) >= 11 is 0. The van der Waals surface area contributed by atoms with Crippen molar-refractivity contribution in [2.45, 2.75) is 32.2 Å². The molecule has 1 fully saturated rings. The van der Waals surface area contributed by atoms with E-state index >= 15 is 0 Å². The van der Waals surface area contributed by atoms with Crippen molar-refractivity contribution in [2.75, 3.05) is 7.11 Å². The van der Waals surface area contributed by atoms with Crippen LogP contribution in [0.1, 0.15) is 24.2 Å². The zero-order valence-corrected chi connectivity index (χ0v) is 8.70. The van der Waals surface area contributed by atoms with Crippen LogP contribution < -0.4 is 0 Å². The molecule has 1 aromatic rings. The van der Waals surface area contributed by atoms with Crippen molar-refractivity contribution in [3.8, 4) is 0 Å². The minimum absolute atomic E-state index is 0.177. The molecule has 2 rings (SSSR count). The smallest absolute Gasteiger partial charge is 0.333 e. The number of nitrogens with zero attached hydrogens (tertiary/aromatic N) is 2. The SMILES string of the molecule is COC(=O)C1(n2nc(C)cc2C)CC1. The zero-order chi connectivity index (χ0) is 10.3. The van der Waals surface area contributed by atoms with Gasteiger partial charge in [-0.1, -0.05) is 0 Å². The van der Waals surface area contributed by atoms with Crippen molar-refractivity contribution in [3.63, 3.8) is 0 Å². The van der Waals surface area contributed by atoms with Crippen LogP contribution in [0.4, 0.5) is 0 Å². The van der Waals surface area contributed by atoms with Gasteiger partial charge in [-0.25, -0.2) is 4.79 Å². The fraction of sp³-hybridized carbons (Fsp3) is 0.600. The summed E-state index contributed by atoms with van der Waals surface area (Å²) in [5.41, 5.74) is 1.47. The van der Waals surface area contributed by atoms with Crippen LogP contribution >= 0.6 is 0 Å². The molecule has 4 heteroatoms. The van der Waals surface area contributed by atoms with Crippen LogP contribution in [0.3, 0.4) is 0 Å². The first-order valence-corrected chi connectivity index (χ1v) is 4.72. The van der Waals surface area contributed by atoms with Gasteiger partial charge in [-0.15, -0.1) is 0 Å². The molecule has 0 amide bonds. The number of hydrogen-bond donors (Lipinski definition) is 0. The number of aryl methyl sites for hydroxylation is 2. The minimum atomic E-state index is -0.493. The van der Waals surface area contributed by atoms with Gasteiger partial charge in [0.25, 0.3) is 0 Å². The van der Waals surface area contributed by atoms with E-state index in [0.717, 1.165) is 24.2 Å². The molecule has 0 saturated heterocycles. The summed E-state index contributed by atoms with van der Waals surface area (Å²) < 4.78 is 6.60. The molecule has 0 aromatic carbocycles. The summed E-state index contributed by atoms with van der Waals surface area (Å²) in [4.78, 5) is 11.6. The summed E-state index contributed by atoms with van der Waals surface area (Å²) in [6.45, 7) is 3.89. The fourth-order valence-electron chi connectivity index (χ4n) is 1.87. The number of rotatable bonds is 2. The Balaban J connectivity index is 2.39. The molecule has 14 heavy (non-hydrogen) atoms. The van der Waals surface area contributed by atoms with Gasteiger partial charge < -0.3 is 4.74 Å². The van der Waals surface area contributed by atoms with Gasteiger partial charge in [-0.05, 0) is 32.8 Å². The van der Waals surface area contributed by atoms with Crippen LogP contribution in [0.15, 0.2) is 6.07 Å². The predicted molar refractivity (Wildman–Crippen MR) is 50.9 cm³/mol. The number of carbonyl (C=O) groups excluding carboxylic acids is 1. The molecule has 0 bridgehead atoms. The second-order valence-electron chi connectivity index (χ2n) is 3.86. The van der Waals surface area contributed by atoms with Gasteiger partial charge in [0.15, 0.2) is 5.54 Å². The lowest BCUT2D eigenvalue weighted by atomic mass is 10.2. The van der Waals surface area contributed by atoms with E-state index in [2.05, 4.69) is 5.10 Å². The maximum absolute atomic E-state index is 11.6. The Morgan fingerprint density at radius 3 is 2.57 bits per heavy atom. The Labute approximate surface area is 82.9 Å². The van der Waals surface area contributed by atoms with Gasteiger partial charge >= 0.3 is 5.97 Å². The molecule has 0 N–H and O–H groups in total. The zero-order valence-electron chi connectivity index (χ0n) is 8.70. The highest BCUT2D eigenvalue weighted by molar-refractivity contribution is 5.81. The van der Waals surface area contributed by atoms with Gasteiger partial charge in [0.2, 0.25) is 0 Å². The van der Waals surface area contributed by atoms with E-state index < -0.39 is 5.54 Å². The van der Waals surface area contributed by atoms with Crippen LogP contribution in [-0.2, 0) is 15.1 Å². The standard InChI is InChI=1S/C10H14N2O2/c1-7-6-8(2)12(11-7)10(4-5-10)9(13)14-3/h6H,4-5H2,1-3H3. The van der Waals surface area contributed by atoms with Crippen molar-refractivity contribution in [2.24, 2.45) is 0 Å². The lowest BCUT2D eigenvalue weighted by Crippen LogP contribution is -2.30. The average molecular weight is 194 g/mol. The van der Waals surface area contributed by atoms with E-state index in [1.807, 2.05) is 19.9 Å². The molecule has 0 radical (unpaired) electrons. The molecule has 0 spiro atoms. The molecule has 4 nitrogen and oxygen atoms in total. The van der Waals surface area contributed by atoms with Crippen molar-refractivity contribution >= 4 is 5.97 Å². The number of carbonyl (C=O) groups is 1. The van der Waals surface area contributed by atoms with Crippen molar-refractivity contribution in [1.29, 1.82) is 0 Å². The van der Waals surface area contributed by atoms with Gasteiger partial charge in [-0.3, -0.25) is 4.68 Å². The minimum Gasteiger partial charge on any atom is -0.467 e. The van der Waals surface area contributed by atoms with Crippen molar-refractivity contribution in [1.82, 2.24) is 9.78 Å². The topological polar surface area (TPSA) is 44.1 Å². The summed E-state index contributed by atoms with van der Waals surface area (Å²) in [7, 11) is 1.42. The Morgan fingerprint density at radius 1 is 1.57 bits per heavy atom. The summed E-state index contributed by atoms with van der Waals surface area (Å²) in [5, 5.41) is 4.33. The first kappa shape index (κ1) is 9.24. The number of methoxy groups -OCH3 is 1. The third-order valence-corrected chi connectivity index (χ3v) is 2.70. The molecule has 1 aliphatic carbocycles. The normalized spacial score (nSPS) is 17.9. The third-order valence-electron chi connectivity index (χ3n) is 2.70. The van der Waals surface area contributed by atoms with E-state index in [4.69, 9.17) is 4.74 Å². The molecule has 1 heterocycles. The highest BCUT2D eigenvalue weighted by Crippen LogP contribution is 2.44. The molecule has 0 atom stereocenters. The lowest BCUT2D eigenvalue weighted by molar-refractivity contribution is -0.146. The van der Waals surface area contributed by atoms with Crippen molar-refractivity contribution in [3.05, 3.63) is 17.5 Å². The van der Waals surface area contributed by atoms with Crippen LogP contribution in [0.25, 0.3) is 0 Å². The van der Waals surface area contributed by atoms with E-state index in [1.54, 1.807) is 4.68 Å². The highest BCUT2D eigenvalue weighted by Gasteiger charge is 2.54. The Morgan fingerprint density at radius 2 is 2.21 bits per heavy atom. The quantitative estimate of drug-likeness (QED) is 0.664. The second kappa shape index (κ2) is 2.83. The lowest BCUT2D eigenvalue weighted by Gasteiger charge is -2.14. The summed E-state index contributed by atoms with van der Waals surface area (Å²) in [6, 6.07) is 1.98. The fourth-order valence-corrected chi connectivity index (χ4v) is 1.87. The van der Waals surface area contributed by atoms with Gasteiger partial charge in [-0.2, -0.15) is 5.10 Å². The van der Waals surface area contributed by atoms with Crippen molar-refractivity contribution < 1.29 is 9.53 Å². The van der Waals surface area contributed by atoms with Crippen LogP contribution in [0, 0.1) is 13.8 Å². The number of esters is 1. The third kappa shape index (κ3) is 1.14. The second-order valence-corrected chi connectivity index (χ2v) is 3.86. The Hall–Kier alpha value is -1.32. The first-order valence-electron chi connectivity index (χ1n) is 4.72. The average Bonchev–Trinajstić information content (AvgIpc) is 2.88. The van der Waals surface area contributed by atoms with Gasteiger partial charge in [0.05, 0.1) is 12.8 Å². The van der Waals surface area contributed by atoms with Crippen LogP contribution in [0.2, 0.25) is 0 Å².